The van der Waals surface area contributed by atoms with E-state index in [0.29, 0.717) is 5.13 Å². The molecule has 0 atom stereocenters. The molecule has 0 aliphatic carbocycles. The highest BCUT2D eigenvalue weighted by molar-refractivity contribution is 7.21. The van der Waals surface area contributed by atoms with Crippen LogP contribution < -0.4 is 5.43 Å². The second-order valence-electron chi connectivity index (χ2n) is 2.39. The number of nitriles is 1. The Morgan fingerprint density at radius 3 is 3.07 bits per heavy atom. The second-order valence-corrected chi connectivity index (χ2v) is 3.40. The van der Waals surface area contributed by atoms with Crippen LogP contribution in [0.2, 0.25) is 0 Å². The van der Waals surface area contributed by atoms with Gasteiger partial charge >= 0.3 is 0 Å². The van der Waals surface area contributed by atoms with Crippen LogP contribution in [-0.4, -0.2) is 4.98 Å². The number of fused-ring (bicyclic) bond motifs is 1. The molecule has 0 saturated carbocycles. The lowest BCUT2D eigenvalue weighted by molar-refractivity contribution is 0.885. The smallest absolute Gasteiger partial charge is 0.217 e. The highest BCUT2D eigenvalue weighted by Gasteiger charge is 2.00. The van der Waals surface area contributed by atoms with Gasteiger partial charge in [-0.05, 0) is 12.1 Å². The zero-order chi connectivity index (χ0) is 9.80. The molecule has 2 rings (SSSR count). The van der Waals surface area contributed by atoms with Gasteiger partial charge in [0.2, 0.25) is 5.13 Å². The molecule has 0 bridgehead atoms. The van der Waals surface area contributed by atoms with Gasteiger partial charge in [-0.2, -0.15) is 10.7 Å². The van der Waals surface area contributed by atoms with Crippen molar-refractivity contribution in [2.24, 2.45) is 10.3 Å². The van der Waals surface area contributed by atoms with Gasteiger partial charge in [0.25, 0.3) is 0 Å². The topological polar surface area (TPSA) is 73.4 Å². The Balaban J connectivity index is 2.32. The Labute approximate surface area is 83.7 Å². The van der Waals surface area contributed by atoms with Gasteiger partial charge in [-0.25, -0.2) is 4.98 Å². The largest absolute Gasteiger partial charge is 0.232 e. The Morgan fingerprint density at radius 2 is 2.29 bits per heavy atom. The van der Waals surface area contributed by atoms with E-state index < -0.39 is 0 Å². The second kappa shape index (κ2) is 3.81. The molecule has 6 heteroatoms. The zero-order valence-electron chi connectivity index (χ0n) is 7.01. The van der Waals surface area contributed by atoms with Crippen molar-refractivity contribution in [1.82, 2.24) is 10.4 Å². The summed E-state index contributed by atoms with van der Waals surface area (Å²) in [5, 5.41) is 15.8. The van der Waals surface area contributed by atoms with Crippen LogP contribution in [0.1, 0.15) is 0 Å². The predicted molar refractivity (Wildman–Crippen MR) is 52.9 cm³/mol. The van der Waals surface area contributed by atoms with Gasteiger partial charge < -0.3 is 0 Å². The van der Waals surface area contributed by atoms with E-state index in [4.69, 9.17) is 5.26 Å². The number of rotatable bonds is 2. The molecule has 68 valence electrons. The van der Waals surface area contributed by atoms with Crippen LogP contribution in [-0.2, 0) is 0 Å². The average molecular weight is 203 g/mol. The first kappa shape index (κ1) is 8.59. The summed E-state index contributed by atoms with van der Waals surface area (Å²) in [4.78, 5) is 4.19. The van der Waals surface area contributed by atoms with E-state index in [9.17, 15) is 0 Å². The molecular formula is C8H5N5S. The molecule has 0 fully saturated rings. The molecule has 5 nitrogen and oxygen atoms in total. The summed E-state index contributed by atoms with van der Waals surface area (Å²) in [6.07, 6.45) is 1.64. The number of hydrogen-bond donors (Lipinski definition) is 1. The molecule has 0 radical (unpaired) electrons. The number of nitrogens with one attached hydrogen (secondary N) is 1. The van der Waals surface area contributed by atoms with Crippen LogP contribution in [0.5, 0.6) is 0 Å². The molecular weight excluding hydrogens is 198 g/mol. The molecule has 0 amide bonds. The summed E-state index contributed by atoms with van der Waals surface area (Å²) >= 11 is 1.43. The van der Waals surface area contributed by atoms with Crippen molar-refractivity contribution in [3.05, 3.63) is 24.3 Å². The molecule has 1 N–H and O–H groups in total. The van der Waals surface area contributed by atoms with E-state index in [-0.39, 0.29) is 0 Å². The van der Waals surface area contributed by atoms with E-state index >= 15 is 0 Å². The molecule has 0 saturated heterocycles. The Kier molecular flexibility index (Phi) is 2.34. The Morgan fingerprint density at radius 1 is 1.43 bits per heavy atom. The molecule has 0 aliphatic rings. The summed E-state index contributed by atoms with van der Waals surface area (Å²) in [6.45, 7) is 0. The van der Waals surface area contributed by atoms with Crippen LogP contribution in [0.4, 0.5) is 5.13 Å². The van der Waals surface area contributed by atoms with Crippen molar-refractivity contribution >= 4 is 26.7 Å². The van der Waals surface area contributed by atoms with Gasteiger partial charge in [-0.15, -0.1) is 0 Å². The molecule has 1 aromatic carbocycles. The third kappa shape index (κ3) is 1.67. The molecule has 14 heavy (non-hydrogen) atoms. The fraction of sp³-hybridized carbons (Fsp3) is 0. The minimum Gasteiger partial charge on any atom is -0.217 e. The van der Waals surface area contributed by atoms with Crippen molar-refractivity contribution in [3.63, 3.8) is 0 Å². The van der Waals surface area contributed by atoms with Crippen LogP contribution in [0, 0.1) is 11.5 Å². The van der Waals surface area contributed by atoms with Gasteiger partial charge in [0, 0.05) is 0 Å². The monoisotopic (exact) mass is 203 g/mol. The van der Waals surface area contributed by atoms with Gasteiger partial charge in [0.15, 0.2) is 6.19 Å². The maximum atomic E-state index is 8.15. The molecule has 1 aromatic heterocycles. The van der Waals surface area contributed by atoms with E-state index in [2.05, 4.69) is 20.7 Å². The summed E-state index contributed by atoms with van der Waals surface area (Å²) in [5.41, 5.74) is 2.96. The third-order valence-corrected chi connectivity index (χ3v) is 2.44. The fourth-order valence-electron chi connectivity index (χ4n) is 0.993. The van der Waals surface area contributed by atoms with Crippen LogP contribution in [0.15, 0.2) is 34.6 Å². The first-order chi connectivity index (χ1) is 6.90. The number of nitrogens with zero attached hydrogens (tertiary/aromatic N) is 4. The maximum Gasteiger partial charge on any atom is 0.232 e. The minimum absolute atomic E-state index is 0.536. The van der Waals surface area contributed by atoms with Crippen molar-refractivity contribution in [1.29, 1.82) is 5.26 Å². The van der Waals surface area contributed by atoms with Gasteiger partial charge in [0.05, 0.1) is 10.2 Å². The number of benzene rings is 1. The quantitative estimate of drug-likeness (QED) is 0.352. The number of para-hydroxylation sites is 1. The minimum atomic E-state index is 0.536. The van der Waals surface area contributed by atoms with E-state index in [1.807, 2.05) is 24.3 Å². The van der Waals surface area contributed by atoms with Crippen molar-refractivity contribution in [3.8, 4) is 6.19 Å². The normalized spacial score (nSPS) is 10.5. The Hall–Kier alpha value is -2.00. The summed E-state index contributed by atoms with van der Waals surface area (Å²) in [7, 11) is 0. The lowest BCUT2D eigenvalue weighted by atomic mass is 10.3. The van der Waals surface area contributed by atoms with Crippen molar-refractivity contribution in [2.75, 3.05) is 0 Å². The third-order valence-electron chi connectivity index (χ3n) is 1.52. The molecule has 1 heterocycles. The maximum absolute atomic E-state index is 8.15. The van der Waals surface area contributed by atoms with Crippen molar-refractivity contribution in [2.45, 2.75) is 0 Å². The molecule has 0 spiro atoms. The number of thiazole rings is 1. The van der Waals surface area contributed by atoms with Crippen molar-refractivity contribution < 1.29 is 0 Å². The lowest BCUT2D eigenvalue weighted by Crippen LogP contribution is -1.88. The van der Waals surface area contributed by atoms with Gasteiger partial charge in [0.1, 0.15) is 0 Å². The highest BCUT2D eigenvalue weighted by atomic mass is 32.1. The predicted octanol–water partition coefficient (Wildman–Crippen LogP) is 2.37. The van der Waals surface area contributed by atoms with Crippen LogP contribution >= 0.6 is 11.3 Å². The molecule has 2 aromatic rings. The van der Waals surface area contributed by atoms with E-state index in [1.54, 1.807) is 6.19 Å². The number of hydrogen-bond acceptors (Lipinski definition) is 5. The number of aromatic nitrogens is 1. The summed E-state index contributed by atoms with van der Waals surface area (Å²) in [6, 6.07) is 7.72. The van der Waals surface area contributed by atoms with Gasteiger partial charge in [-0.1, -0.05) is 33.8 Å². The standard InChI is InChI=1S/C8H5N5S/c9-5-10-13-12-8-11-6-3-1-2-4-7(6)14-8/h1-4H,(H,10,11,12). The van der Waals surface area contributed by atoms with Gasteiger partial charge in [-0.3, -0.25) is 0 Å². The average Bonchev–Trinajstić information content (AvgIpc) is 2.60. The van der Waals surface area contributed by atoms with E-state index in [0.717, 1.165) is 10.2 Å². The Bertz CT molecular complexity index is 477. The van der Waals surface area contributed by atoms with Crippen LogP contribution in [0.3, 0.4) is 0 Å². The molecule has 0 unspecified atom stereocenters. The first-order valence-corrected chi connectivity index (χ1v) is 4.62. The fourth-order valence-corrected chi connectivity index (χ4v) is 1.78. The zero-order valence-corrected chi connectivity index (χ0v) is 7.82. The lowest BCUT2D eigenvalue weighted by Gasteiger charge is -1.80. The van der Waals surface area contributed by atoms with E-state index in [1.165, 1.54) is 11.3 Å². The SMILES string of the molecule is N#CNN=Nc1nc2ccccc2s1. The highest BCUT2D eigenvalue weighted by Crippen LogP contribution is 2.27. The summed E-state index contributed by atoms with van der Waals surface area (Å²) in [5.74, 6) is 0. The van der Waals surface area contributed by atoms with Crippen LogP contribution in [0.25, 0.3) is 10.2 Å². The molecule has 0 aliphatic heterocycles. The first-order valence-electron chi connectivity index (χ1n) is 3.80. The summed E-state index contributed by atoms with van der Waals surface area (Å²) < 4.78 is 1.05.